The van der Waals surface area contributed by atoms with E-state index in [9.17, 15) is 4.79 Å². The predicted molar refractivity (Wildman–Crippen MR) is 110 cm³/mol. The average Bonchev–Trinajstić information content (AvgIpc) is 2.70. The van der Waals surface area contributed by atoms with Gasteiger partial charge in [-0.25, -0.2) is 0 Å². The molecule has 1 amide bonds. The number of hydrogen-bond donors (Lipinski definition) is 3. The molecule has 1 saturated heterocycles. The number of halogens is 1. The van der Waals surface area contributed by atoms with E-state index in [1.165, 1.54) is 10.5 Å². The van der Waals surface area contributed by atoms with Crippen LogP contribution in [0, 0.1) is 0 Å². The van der Waals surface area contributed by atoms with Crippen LogP contribution in [0.25, 0.3) is 0 Å². The summed E-state index contributed by atoms with van der Waals surface area (Å²) in [6, 6.07) is 13.5. The first-order chi connectivity index (χ1) is 13.6. The highest BCUT2D eigenvalue weighted by atomic mass is 35.5. The van der Waals surface area contributed by atoms with Crippen LogP contribution in [0.1, 0.15) is 5.56 Å². The molecule has 1 aliphatic heterocycles. The topological polar surface area (TPSA) is 56.4 Å². The third-order valence-corrected chi connectivity index (χ3v) is 5.36. The van der Waals surface area contributed by atoms with Crippen molar-refractivity contribution in [2.24, 2.45) is 0 Å². The molecule has 2 aromatic rings. The van der Waals surface area contributed by atoms with Gasteiger partial charge in [-0.3, -0.25) is 4.79 Å². The Kier molecular flexibility index (Phi) is 7.14. The van der Waals surface area contributed by atoms with Crippen molar-refractivity contribution in [1.82, 2.24) is 0 Å². The zero-order chi connectivity index (χ0) is 19.9. The summed E-state index contributed by atoms with van der Waals surface area (Å²) in [4.78, 5) is 15.3. The predicted octanol–water partition coefficient (Wildman–Crippen LogP) is 0.279. The molecule has 1 aliphatic rings. The number of benzene rings is 2. The summed E-state index contributed by atoms with van der Waals surface area (Å²) in [5.41, 5.74) is 1.92. The van der Waals surface area contributed by atoms with E-state index in [1.807, 2.05) is 12.1 Å². The molecule has 6 nitrogen and oxygen atoms in total. The van der Waals surface area contributed by atoms with E-state index < -0.39 is 0 Å². The molecule has 1 fully saturated rings. The smallest absolute Gasteiger partial charge is 0.279 e. The summed E-state index contributed by atoms with van der Waals surface area (Å²) < 4.78 is 10.5. The number of rotatable bonds is 7. The lowest BCUT2D eigenvalue weighted by molar-refractivity contribution is -1.02. The second kappa shape index (κ2) is 9.78. The monoisotopic (exact) mass is 405 g/mol. The summed E-state index contributed by atoms with van der Waals surface area (Å²) in [5.74, 6) is 1.48. The van der Waals surface area contributed by atoms with Gasteiger partial charge in [-0.1, -0.05) is 11.6 Å². The molecule has 0 aromatic heterocycles. The van der Waals surface area contributed by atoms with Crippen molar-refractivity contribution in [2.75, 3.05) is 52.3 Å². The lowest BCUT2D eigenvalue weighted by Crippen LogP contribution is -3.28. The van der Waals surface area contributed by atoms with Gasteiger partial charge in [0, 0.05) is 10.6 Å². The lowest BCUT2D eigenvalue weighted by Gasteiger charge is -2.29. The number of nitrogens with one attached hydrogen (secondary N) is 3. The first-order valence-corrected chi connectivity index (χ1v) is 9.88. The number of piperazine rings is 1. The molecule has 0 saturated carbocycles. The molecule has 3 rings (SSSR count). The Morgan fingerprint density at radius 1 is 1.00 bits per heavy atom. The number of amides is 1. The minimum atomic E-state index is -0.0193. The number of methoxy groups -OCH3 is 2. The van der Waals surface area contributed by atoms with Crippen molar-refractivity contribution in [2.45, 2.75) is 6.54 Å². The number of anilines is 1. The summed E-state index contributed by atoms with van der Waals surface area (Å²) in [5, 5.41) is 3.49. The number of hydrogen-bond acceptors (Lipinski definition) is 3. The van der Waals surface area contributed by atoms with Crippen molar-refractivity contribution in [3.8, 4) is 11.5 Å². The Bertz CT molecular complexity index is 790. The van der Waals surface area contributed by atoms with Gasteiger partial charge in [-0.05, 0) is 42.5 Å². The highest BCUT2D eigenvalue weighted by molar-refractivity contribution is 6.31. The fraction of sp³-hybridized carbons (Fsp3) is 0.381. The first-order valence-electron chi connectivity index (χ1n) is 9.51. The molecule has 0 spiro atoms. The van der Waals surface area contributed by atoms with Crippen LogP contribution in [0.5, 0.6) is 11.5 Å². The van der Waals surface area contributed by atoms with Crippen molar-refractivity contribution in [1.29, 1.82) is 0 Å². The lowest BCUT2D eigenvalue weighted by atomic mass is 10.2. The van der Waals surface area contributed by atoms with Gasteiger partial charge in [-0.15, -0.1) is 0 Å². The van der Waals surface area contributed by atoms with Crippen LogP contribution >= 0.6 is 11.6 Å². The van der Waals surface area contributed by atoms with Gasteiger partial charge < -0.3 is 24.6 Å². The molecular formula is C21H28ClN3O3+2. The normalized spacial score (nSPS) is 19.1. The summed E-state index contributed by atoms with van der Waals surface area (Å²) in [6.07, 6.45) is 0. The standard InChI is InChI=1S/C21H26ClN3O3/c1-27-18-6-3-16(4-7-18)14-24-9-11-25(12-10-24)15-21(26)23-19-13-17(22)5-8-20(19)28-2/h3-8,13H,9-12,14-15H2,1-2H3,(H,23,26)/p+2. The summed E-state index contributed by atoms with van der Waals surface area (Å²) >= 11 is 6.03. The SMILES string of the molecule is COc1ccc(C[NH+]2CC[NH+](CC(=O)Nc3cc(Cl)ccc3OC)CC2)cc1. The van der Waals surface area contributed by atoms with E-state index in [4.69, 9.17) is 21.1 Å². The second-order valence-electron chi connectivity index (χ2n) is 7.09. The van der Waals surface area contributed by atoms with Crippen molar-refractivity contribution >= 4 is 23.2 Å². The van der Waals surface area contributed by atoms with Crippen LogP contribution in [-0.2, 0) is 11.3 Å². The minimum absolute atomic E-state index is 0.0193. The molecule has 0 radical (unpaired) electrons. The molecule has 0 aliphatic carbocycles. The summed E-state index contributed by atoms with van der Waals surface area (Å²) in [6.45, 7) is 5.51. The molecular weight excluding hydrogens is 378 g/mol. The molecule has 1 heterocycles. The van der Waals surface area contributed by atoms with Gasteiger partial charge in [0.1, 0.15) is 44.2 Å². The number of carbonyl (C=O) groups excluding carboxylic acids is 1. The van der Waals surface area contributed by atoms with Gasteiger partial charge in [-0.2, -0.15) is 0 Å². The van der Waals surface area contributed by atoms with E-state index in [0.29, 0.717) is 23.0 Å². The third kappa shape index (κ3) is 5.61. The minimum Gasteiger partial charge on any atom is -0.497 e. The number of carbonyl (C=O) groups is 1. The highest BCUT2D eigenvalue weighted by Crippen LogP contribution is 2.27. The van der Waals surface area contributed by atoms with E-state index in [1.54, 1.807) is 37.3 Å². The van der Waals surface area contributed by atoms with Gasteiger partial charge in [0.15, 0.2) is 6.54 Å². The highest BCUT2D eigenvalue weighted by Gasteiger charge is 2.25. The molecule has 28 heavy (non-hydrogen) atoms. The van der Waals surface area contributed by atoms with Crippen molar-refractivity contribution in [3.63, 3.8) is 0 Å². The van der Waals surface area contributed by atoms with Gasteiger partial charge >= 0.3 is 0 Å². The average molecular weight is 406 g/mol. The zero-order valence-corrected chi connectivity index (χ0v) is 17.1. The maximum absolute atomic E-state index is 12.4. The van der Waals surface area contributed by atoms with Crippen molar-refractivity contribution < 1.29 is 24.1 Å². The Labute approximate surface area is 171 Å². The molecule has 150 valence electrons. The fourth-order valence-electron chi connectivity index (χ4n) is 3.54. The Balaban J connectivity index is 1.46. The number of ether oxygens (including phenoxy) is 2. The molecule has 2 aromatic carbocycles. The molecule has 0 unspecified atom stereocenters. The largest absolute Gasteiger partial charge is 0.497 e. The van der Waals surface area contributed by atoms with Crippen LogP contribution in [0.15, 0.2) is 42.5 Å². The Hall–Kier alpha value is -2.28. The van der Waals surface area contributed by atoms with Crippen molar-refractivity contribution in [3.05, 3.63) is 53.1 Å². The fourth-order valence-corrected chi connectivity index (χ4v) is 3.71. The van der Waals surface area contributed by atoms with E-state index in [2.05, 4.69) is 17.4 Å². The van der Waals surface area contributed by atoms with Crippen LogP contribution in [-0.4, -0.2) is 52.9 Å². The maximum Gasteiger partial charge on any atom is 0.279 e. The van der Waals surface area contributed by atoms with Crippen LogP contribution in [0.3, 0.4) is 0 Å². The van der Waals surface area contributed by atoms with Gasteiger partial charge in [0.25, 0.3) is 5.91 Å². The second-order valence-corrected chi connectivity index (χ2v) is 7.53. The van der Waals surface area contributed by atoms with Gasteiger partial charge in [0.2, 0.25) is 0 Å². The number of quaternary nitrogens is 2. The van der Waals surface area contributed by atoms with E-state index in [0.717, 1.165) is 38.5 Å². The molecule has 0 bridgehead atoms. The van der Waals surface area contributed by atoms with E-state index >= 15 is 0 Å². The van der Waals surface area contributed by atoms with Gasteiger partial charge in [0.05, 0.1) is 19.9 Å². The Morgan fingerprint density at radius 3 is 2.32 bits per heavy atom. The molecule has 3 N–H and O–H groups in total. The quantitative estimate of drug-likeness (QED) is 0.620. The molecule has 7 heteroatoms. The van der Waals surface area contributed by atoms with Crippen LogP contribution in [0.2, 0.25) is 5.02 Å². The first kappa shape index (κ1) is 20.5. The molecule has 0 atom stereocenters. The van der Waals surface area contributed by atoms with Crippen LogP contribution in [0.4, 0.5) is 5.69 Å². The maximum atomic E-state index is 12.4. The van der Waals surface area contributed by atoms with E-state index in [-0.39, 0.29) is 5.91 Å². The summed E-state index contributed by atoms with van der Waals surface area (Å²) in [7, 11) is 3.26. The third-order valence-electron chi connectivity index (χ3n) is 5.12. The zero-order valence-electron chi connectivity index (χ0n) is 16.4. The Morgan fingerprint density at radius 2 is 1.68 bits per heavy atom. The van der Waals surface area contributed by atoms with Crippen LogP contribution < -0.4 is 24.6 Å².